The van der Waals surface area contributed by atoms with Crippen molar-refractivity contribution in [1.29, 1.82) is 5.41 Å². The molecular weight excluding hydrogens is 306 g/mol. The Hall–Kier alpha value is -2.38. The van der Waals surface area contributed by atoms with Gasteiger partial charge in [-0.05, 0) is 12.1 Å². The number of quaternary nitrogens is 1. The second-order valence-electron chi connectivity index (χ2n) is 6.31. The summed E-state index contributed by atoms with van der Waals surface area (Å²) >= 11 is 0. The van der Waals surface area contributed by atoms with Gasteiger partial charge in [-0.3, -0.25) is 5.41 Å². The maximum Gasteiger partial charge on any atom is 0.145 e. The molecule has 0 aliphatic carbocycles. The number of amidine groups is 1. The summed E-state index contributed by atoms with van der Waals surface area (Å²) in [6, 6.07) is 7.74. The Labute approximate surface area is 140 Å². The van der Waals surface area contributed by atoms with E-state index in [4.69, 9.17) is 10.1 Å². The molecule has 2 aromatic rings. The maximum absolute atomic E-state index is 10.4. The number of aromatic amines is 1. The predicted octanol–water partition coefficient (Wildman–Crippen LogP) is 0.0400. The number of hydrogen-bond acceptors (Lipinski definition) is 4. The molecule has 0 saturated carbocycles. The number of aliphatic hydroxyl groups excluding tert-OH is 1. The number of morpholine rings is 1. The van der Waals surface area contributed by atoms with E-state index in [1.165, 1.54) is 4.90 Å². The molecule has 0 bridgehead atoms. The number of para-hydroxylation sites is 2. The standard InChI is InChI=1S/C17H21N5O2/c18-16-15(17-19-12-3-1-2-4-13(12)20-17)14(23)11-22(16)6-5-21-7-9-24-10-8-21/h1-4,18,23H,5-11H2,(H,19,20)/p+1. The molecule has 126 valence electrons. The molecule has 1 aromatic carbocycles. The highest BCUT2D eigenvalue weighted by Crippen LogP contribution is 2.26. The van der Waals surface area contributed by atoms with Gasteiger partial charge in [0.1, 0.15) is 30.5 Å². The van der Waals surface area contributed by atoms with Crippen LogP contribution in [0.4, 0.5) is 0 Å². The second-order valence-corrected chi connectivity index (χ2v) is 6.31. The van der Waals surface area contributed by atoms with E-state index in [0.717, 1.165) is 50.4 Å². The van der Waals surface area contributed by atoms with Crippen LogP contribution < -0.4 is 4.90 Å². The van der Waals surface area contributed by atoms with Gasteiger partial charge in [-0.25, -0.2) is 4.98 Å². The van der Waals surface area contributed by atoms with Gasteiger partial charge in [-0.15, -0.1) is 0 Å². The third kappa shape index (κ3) is 2.76. The van der Waals surface area contributed by atoms with E-state index >= 15 is 0 Å². The summed E-state index contributed by atoms with van der Waals surface area (Å²) in [5, 5.41) is 18.8. The molecule has 2 aliphatic rings. The van der Waals surface area contributed by atoms with Crippen LogP contribution in [0.3, 0.4) is 0 Å². The topological polar surface area (TPSA) is 89.7 Å². The number of aliphatic hydroxyl groups is 1. The van der Waals surface area contributed by atoms with Crippen molar-refractivity contribution in [3.8, 4) is 0 Å². The Balaban J connectivity index is 1.48. The lowest BCUT2D eigenvalue weighted by atomic mass is 10.2. The van der Waals surface area contributed by atoms with Crippen molar-refractivity contribution in [3.63, 3.8) is 0 Å². The molecule has 0 spiro atoms. The van der Waals surface area contributed by atoms with Crippen LogP contribution >= 0.6 is 0 Å². The summed E-state index contributed by atoms with van der Waals surface area (Å²) in [5.41, 5.74) is 2.27. The number of hydrogen-bond donors (Lipinski definition) is 4. The molecule has 0 atom stereocenters. The Bertz CT molecular complexity index is 758. The first-order valence-electron chi connectivity index (χ1n) is 8.35. The molecule has 0 unspecified atom stereocenters. The Morgan fingerprint density at radius 2 is 2.08 bits per heavy atom. The summed E-state index contributed by atoms with van der Waals surface area (Å²) < 4.78 is 5.38. The van der Waals surface area contributed by atoms with Crippen LogP contribution in [0.2, 0.25) is 0 Å². The zero-order valence-electron chi connectivity index (χ0n) is 13.5. The Morgan fingerprint density at radius 3 is 2.88 bits per heavy atom. The van der Waals surface area contributed by atoms with Crippen molar-refractivity contribution >= 4 is 22.4 Å². The average molecular weight is 328 g/mol. The van der Waals surface area contributed by atoms with Gasteiger partial charge in [0.05, 0.1) is 49.5 Å². The third-order valence-corrected chi connectivity index (χ3v) is 4.74. The lowest BCUT2D eigenvalue weighted by molar-refractivity contribution is -0.907. The minimum absolute atomic E-state index is 0.219. The number of nitrogens with zero attached hydrogens (tertiary/aromatic N) is 2. The molecule has 2 aliphatic heterocycles. The number of H-pyrrole nitrogens is 1. The lowest BCUT2D eigenvalue weighted by Crippen LogP contribution is -3.14. The number of benzene rings is 1. The highest BCUT2D eigenvalue weighted by atomic mass is 16.5. The molecule has 1 aromatic heterocycles. The number of imidazole rings is 1. The minimum Gasteiger partial charge on any atom is -0.510 e. The first kappa shape index (κ1) is 15.2. The number of rotatable bonds is 4. The number of aromatic nitrogens is 2. The monoisotopic (exact) mass is 328 g/mol. The lowest BCUT2D eigenvalue weighted by Gasteiger charge is -2.26. The van der Waals surface area contributed by atoms with Crippen LogP contribution in [0, 0.1) is 5.41 Å². The summed E-state index contributed by atoms with van der Waals surface area (Å²) in [7, 11) is 0. The number of nitrogens with one attached hydrogen (secondary N) is 3. The minimum atomic E-state index is 0.219. The van der Waals surface area contributed by atoms with E-state index in [1.807, 2.05) is 29.2 Å². The van der Waals surface area contributed by atoms with Crippen molar-refractivity contribution in [2.45, 2.75) is 0 Å². The number of ether oxygens (including phenoxy) is 1. The van der Waals surface area contributed by atoms with Crippen molar-refractivity contribution in [2.75, 3.05) is 45.9 Å². The summed E-state index contributed by atoms with van der Waals surface area (Å²) in [4.78, 5) is 11.1. The van der Waals surface area contributed by atoms with Gasteiger partial charge in [-0.1, -0.05) is 12.1 Å². The van der Waals surface area contributed by atoms with Crippen LogP contribution in [0.1, 0.15) is 5.82 Å². The molecule has 24 heavy (non-hydrogen) atoms. The van der Waals surface area contributed by atoms with Gasteiger partial charge in [0.15, 0.2) is 0 Å². The third-order valence-electron chi connectivity index (χ3n) is 4.74. The SMILES string of the molecule is N=C1C(c2nc3ccccc3[nH]2)=C(O)CN1CC[NH+]1CCOCC1. The van der Waals surface area contributed by atoms with Gasteiger partial charge in [0.25, 0.3) is 0 Å². The summed E-state index contributed by atoms with van der Waals surface area (Å²) in [5.74, 6) is 1.13. The van der Waals surface area contributed by atoms with E-state index in [1.54, 1.807) is 0 Å². The van der Waals surface area contributed by atoms with Gasteiger partial charge in [-0.2, -0.15) is 0 Å². The van der Waals surface area contributed by atoms with Crippen LogP contribution in [-0.2, 0) is 4.74 Å². The molecule has 7 nitrogen and oxygen atoms in total. The maximum atomic E-state index is 10.4. The quantitative estimate of drug-likeness (QED) is 0.638. The highest BCUT2D eigenvalue weighted by molar-refractivity contribution is 6.23. The van der Waals surface area contributed by atoms with E-state index in [9.17, 15) is 5.11 Å². The second kappa shape index (κ2) is 6.26. The van der Waals surface area contributed by atoms with Crippen LogP contribution in [-0.4, -0.2) is 71.7 Å². The molecule has 3 heterocycles. The molecule has 4 rings (SSSR count). The predicted molar refractivity (Wildman–Crippen MR) is 91.3 cm³/mol. The van der Waals surface area contributed by atoms with Crippen LogP contribution in [0.25, 0.3) is 16.6 Å². The normalized spacial score (nSPS) is 19.7. The Morgan fingerprint density at radius 1 is 1.29 bits per heavy atom. The van der Waals surface area contributed by atoms with Crippen molar-refractivity contribution in [2.24, 2.45) is 0 Å². The van der Waals surface area contributed by atoms with E-state index < -0.39 is 0 Å². The fourth-order valence-corrected chi connectivity index (χ4v) is 3.35. The average Bonchev–Trinajstić information content (AvgIpc) is 3.14. The van der Waals surface area contributed by atoms with Gasteiger partial charge < -0.3 is 24.6 Å². The highest BCUT2D eigenvalue weighted by Gasteiger charge is 2.31. The molecule has 0 radical (unpaired) electrons. The fraction of sp³-hybridized carbons (Fsp3) is 0.412. The van der Waals surface area contributed by atoms with Crippen LogP contribution in [0.15, 0.2) is 30.0 Å². The fourth-order valence-electron chi connectivity index (χ4n) is 3.35. The summed E-state index contributed by atoms with van der Waals surface area (Å²) in [6.45, 7) is 5.72. The zero-order chi connectivity index (χ0) is 16.5. The first-order chi connectivity index (χ1) is 11.7. The van der Waals surface area contributed by atoms with E-state index in [0.29, 0.717) is 23.8 Å². The molecule has 0 amide bonds. The zero-order valence-corrected chi connectivity index (χ0v) is 13.5. The van der Waals surface area contributed by atoms with E-state index in [2.05, 4.69) is 9.97 Å². The van der Waals surface area contributed by atoms with Crippen molar-refractivity contribution in [1.82, 2.24) is 14.9 Å². The smallest absolute Gasteiger partial charge is 0.145 e. The molecular formula is C17H22N5O2+. The summed E-state index contributed by atoms with van der Waals surface area (Å²) in [6.07, 6.45) is 0. The largest absolute Gasteiger partial charge is 0.510 e. The molecule has 1 fully saturated rings. The molecule has 4 N–H and O–H groups in total. The van der Waals surface area contributed by atoms with Crippen molar-refractivity contribution in [3.05, 3.63) is 35.8 Å². The van der Waals surface area contributed by atoms with E-state index in [-0.39, 0.29) is 5.76 Å². The van der Waals surface area contributed by atoms with Crippen molar-refractivity contribution < 1.29 is 14.7 Å². The number of fused-ring (bicyclic) bond motifs is 1. The molecule has 7 heteroatoms. The van der Waals surface area contributed by atoms with Gasteiger partial charge in [0, 0.05) is 0 Å². The molecule has 1 saturated heterocycles. The van der Waals surface area contributed by atoms with Crippen LogP contribution in [0.5, 0.6) is 0 Å². The first-order valence-corrected chi connectivity index (χ1v) is 8.35. The van der Waals surface area contributed by atoms with Gasteiger partial charge >= 0.3 is 0 Å². The van der Waals surface area contributed by atoms with Gasteiger partial charge in [0.2, 0.25) is 0 Å². The Kier molecular flexibility index (Phi) is 3.95.